The maximum absolute atomic E-state index is 11.0. The first kappa shape index (κ1) is 8.76. The summed E-state index contributed by atoms with van der Waals surface area (Å²) in [5.41, 5.74) is -0.0432. The highest BCUT2D eigenvalue weighted by atomic mass is 32.2. The number of hydrogen-bond donors (Lipinski definition) is 2. The van der Waals surface area contributed by atoms with Crippen molar-refractivity contribution in [2.75, 3.05) is 0 Å². The van der Waals surface area contributed by atoms with Crippen LogP contribution in [0.3, 0.4) is 0 Å². The fourth-order valence-electron chi connectivity index (χ4n) is 1.25. The molecule has 14 heavy (non-hydrogen) atoms. The number of aromatic amines is 2. The Labute approximate surface area is 79.6 Å². The van der Waals surface area contributed by atoms with E-state index in [1.807, 2.05) is 0 Å². The van der Waals surface area contributed by atoms with Crippen molar-refractivity contribution in [3.05, 3.63) is 39.4 Å². The third kappa shape index (κ3) is 1.35. The smallest absolute Gasteiger partial charge is 0.307 e. The molecule has 0 spiro atoms. The minimum Gasteiger partial charge on any atom is -0.307 e. The van der Waals surface area contributed by atoms with Gasteiger partial charge in [0.2, 0.25) is 10.3 Å². The maximum atomic E-state index is 11.0. The lowest BCUT2D eigenvalue weighted by Gasteiger charge is -1.94. The van der Waals surface area contributed by atoms with Crippen molar-refractivity contribution in [1.82, 2.24) is 9.97 Å². The molecule has 2 N–H and O–H groups in total. The van der Waals surface area contributed by atoms with E-state index in [4.69, 9.17) is 0 Å². The third-order valence-corrected chi connectivity index (χ3v) is 2.47. The van der Waals surface area contributed by atoms with Gasteiger partial charge in [-0.05, 0) is 12.1 Å². The van der Waals surface area contributed by atoms with E-state index in [1.54, 1.807) is 24.3 Å². The third-order valence-electron chi connectivity index (χ3n) is 1.81. The van der Waals surface area contributed by atoms with E-state index in [1.165, 1.54) is 0 Å². The predicted molar refractivity (Wildman–Crippen MR) is 51.1 cm³/mol. The summed E-state index contributed by atoms with van der Waals surface area (Å²) in [5, 5.41) is 0.473. The lowest BCUT2D eigenvalue weighted by atomic mass is 10.2. The summed E-state index contributed by atoms with van der Waals surface area (Å²) in [5.74, 6) is 0. The Hall–Kier alpha value is -1.82. The normalized spacial score (nSPS) is 10.3. The molecule has 1 aromatic heterocycles. The lowest BCUT2D eigenvalue weighted by Crippen LogP contribution is -2.10. The first-order chi connectivity index (χ1) is 6.68. The van der Waals surface area contributed by atoms with Crippen molar-refractivity contribution in [2.24, 2.45) is 0 Å². The number of hydrogen-bond acceptors (Lipinski definition) is 3. The Balaban J connectivity index is 3.28. The lowest BCUT2D eigenvalue weighted by molar-refractivity contribution is 0.624. The van der Waals surface area contributed by atoms with Crippen LogP contribution in [-0.2, 0) is 10.3 Å². The summed E-state index contributed by atoms with van der Waals surface area (Å²) in [6, 6.07) is 6.68. The van der Waals surface area contributed by atoms with Crippen molar-refractivity contribution in [1.29, 1.82) is 0 Å². The van der Waals surface area contributed by atoms with Gasteiger partial charge in [0, 0.05) is 5.39 Å². The zero-order valence-electron chi connectivity index (χ0n) is 6.94. The molecule has 0 aliphatic heterocycles. The van der Waals surface area contributed by atoms with Crippen molar-refractivity contribution in [3.8, 4) is 0 Å². The fourth-order valence-corrected chi connectivity index (χ4v) is 1.78. The molecule has 0 saturated heterocycles. The molecule has 0 fully saturated rings. The van der Waals surface area contributed by atoms with Crippen LogP contribution >= 0.6 is 0 Å². The average molecular weight is 210 g/mol. The van der Waals surface area contributed by atoms with Gasteiger partial charge < -0.3 is 4.98 Å². The summed E-state index contributed by atoms with van der Waals surface area (Å²) in [6.07, 6.45) is 0. The van der Waals surface area contributed by atoms with Crippen molar-refractivity contribution in [2.45, 2.75) is 0 Å². The molecule has 0 amide bonds. The molecule has 72 valence electrons. The highest BCUT2D eigenvalue weighted by Gasteiger charge is 1.97. The largest absolute Gasteiger partial charge is 0.324 e. The summed E-state index contributed by atoms with van der Waals surface area (Å²) in [4.78, 5) is 15.8. The molecule has 2 rings (SSSR count). The van der Waals surface area contributed by atoms with Crippen LogP contribution in [0.1, 0.15) is 0 Å². The number of aromatic nitrogens is 2. The summed E-state index contributed by atoms with van der Waals surface area (Å²) in [7, 11) is -2.44. The van der Waals surface area contributed by atoms with Crippen molar-refractivity contribution < 1.29 is 8.42 Å². The van der Waals surface area contributed by atoms with Gasteiger partial charge in [-0.1, -0.05) is 12.1 Å². The Morgan fingerprint density at radius 3 is 2.50 bits per heavy atom. The standard InChI is InChI=1S/C8H6N2O3S/c11-8-9-6-4-2-1-3-5(6)7(10-8)14(12)13/h1-4H,(H2,9,10,11). The van der Waals surface area contributed by atoms with Crippen LogP contribution in [0.2, 0.25) is 0 Å². The van der Waals surface area contributed by atoms with Crippen LogP contribution in [0.5, 0.6) is 0 Å². The number of H-pyrrole nitrogens is 2. The minimum absolute atomic E-state index is 0.0932. The summed E-state index contributed by atoms with van der Waals surface area (Å²) in [6.45, 7) is 0. The quantitative estimate of drug-likeness (QED) is 0.612. The predicted octanol–water partition coefficient (Wildman–Crippen LogP) is 0.267. The van der Waals surface area contributed by atoms with Crippen LogP contribution in [0.25, 0.3) is 10.9 Å². The van der Waals surface area contributed by atoms with E-state index in [0.717, 1.165) is 0 Å². The highest BCUT2D eigenvalue weighted by molar-refractivity contribution is 7.64. The van der Waals surface area contributed by atoms with Gasteiger partial charge >= 0.3 is 5.69 Å². The molecule has 0 radical (unpaired) electrons. The van der Waals surface area contributed by atoms with E-state index in [0.29, 0.717) is 10.9 Å². The van der Waals surface area contributed by atoms with Crippen molar-refractivity contribution >= 4 is 21.2 Å². The molecule has 2 aromatic rings. The Kier molecular flexibility index (Phi) is 1.97. The van der Waals surface area contributed by atoms with Crippen LogP contribution in [0.4, 0.5) is 0 Å². The highest BCUT2D eigenvalue weighted by Crippen LogP contribution is 2.07. The Morgan fingerprint density at radius 2 is 1.79 bits per heavy atom. The van der Waals surface area contributed by atoms with Gasteiger partial charge in [-0.25, -0.2) is 4.79 Å². The van der Waals surface area contributed by atoms with E-state index < -0.39 is 16.0 Å². The topological polar surface area (TPSA) is 82.8 Å². The number of nitrogens with one attached hydrogen (secondary N) is 2. The van der Waals surface area contributed by atoms with Crippen LogP contribution in [0, 0.1) is 4.64 Å². The van der Waals surface area contributed by atoms with Gasteiger partial charge in [0.1, 0.15) is 0 Å². The molecule has 0 aliphatic rings. The van der Waals surface area contributed by atoms with E-state index in [-0.39, 0.29) is 4.64 Å². The molecule has 0 atom stereocenters. The molecule has 0 saturated carbocycles. The number of para-hydroxylation sites is 1. The van der Waals surface area contributed by atoms with Gasteiger partial charge in [-0.2, -0.15) is 8.42 Å². The maximum Gasteiger partial charge on any atom is 0.324 e. The molecule has 0 aliphatic carbocycles. The first-order valence-electron chi connectivity index (χ1n) is 3.82. The Bertz CT molecular complexity index is 701. The Morgan fingerprint density at radius 1 is 1.07 bits per heavy atom. The van der Waals surface area contributed by atoms with E-state index >= 15 is 0 Å². The van der Waals surface area contributed by atoms with E-state index in [9.17, 15) is 13.2 Å². The summed E-state index contributed by atoms with van der Waals surface area (Å²) < 4.78 is 21.5. The number of fused-ring (bicyclic) bond motifs is 1. The fraction of sp³-hybridized carbons (Fsp3) is 0. The molecule has 6 heteroatoms. The average Bonchev–Trinajstić information content (AvgIpc) is 2.16. The van der Waals surface area contributed by atoms with Crippen LogP contribution in [0.15, 0.2) is 29.1 Å². The summed E-state index contributed by atoms with van der Waals surface area (Å²) >= 11 is 0. The molecular weight excluding hydrogens is 204 g/mol. The minimum atomic E-state index is -2.44. The second-order valence-corrected chi connectivity index (χ2v) is 3.57. The van der Waals surface area contributed by atoms with Gasteiger partial charge in [0.25, 0.3) is 0 Å². The first-order valence-corrected chi connectivity index (χ1v) is 4.89. The van der Waals surface area contributed by atoms with E-state index in [2.05, 4.69) is 9.97 Å². The SMILES string of the molecule is O=c1[nH]c(=S(=O)=O)c2ccccc2[nH]1. The number of benzene rings is 1. The van der Waals surface area contributed by atoms with Gasteiger partial charge in [0.05, 0.1) is 5.52 Å². The van der Waals surface area contributed by atoms with Crippen molar-refractivity contribution in [3.63, 3.8) is 0 Å². The van der Waals surface area contributed by atoms with Gasteiger partial charge in [-0.3, -0.25) is 4.98 Å². The second kappa shape index (κ2) is 3.15. The molecule has 0 unspecified atom stereocenters. The molecule has 0 bridgehead atoms. The zero-order chi connectivity index (χ0) is 10.1. The zero-order valence-corrected chi connectivity index (χ0v) is 7.76. The second-order valence-electron chi connectivity index (χ2n) is 2.69. The van der Waals surface area contributed by atoms with Gasteiger partial charge in [0.15, 0.2) is 4.64 Å². The monoisotopic (exact) mass is 210 g/mol. The molecule has 1 aromatic carbocycles. The van der Waals surface area contributed by atoms with Crippen LogP contribution in [-0.4, -0.2) is 18.4 Å². The number of rotatable bonds is 0. The molecule has 5 nitrogen and oxygen atoms in total. The molecular formula is C8H6N2O3S. The van der Waals surface area contributed by atoms with Crippen LogP contribution < -0.4 is 5.69 Å². The van der Waals surface area contributed by atoms with Gasteiger partial charge in [-0.15, -0.1) is 0 Å². The molecule has 1 heterocycles.